The van der Waals surface area contributed by atoms with Gasteiger partial charge in [-0.15, -0.1) is 0 Å². The highest BCUT2D eigenvalue weighted by Crippen LogP contribution is 2.28. The molecule has 0 aliphatic carbocycles. The molecule has 0 atom stereocenters. The molecule has 170 valence electrons. The van der Waals surface area contributed by atoms with Crippen LogP contribution < -0.4 is 16.4 Å². The summed E-state index contributed by atoms with van der Waals surface area (Å²) >= 11 is 0. The van der Waals surface area contributed by atoms with Gasteiger partial charge in [0.15, 0.2) is 0 Å². The molecule has 34 heavy (non-hydrogen) atoms. The van der Waals surface area contributed by atoms with Crippen LogP contribution in [0.5, 0.6) is 0 Å². The molecule has 6 nitrogen and oxygen atoms in total. The molecule has 0 unspecified atom stereocenters. The average Bonchev–Trinajstić information content (AvgIpc) is 3.32. The van der Waals surface area contributed by atoms with Crippen molar-refractivity contribution >= 4 is 27.6 Å². The van der Waals surface area contributed by atoms with Crippen LogP contribution >= 0.6 is 0 Å². The van der Waals surface area contributed by atoms with E-state index in [0.717, 1.165) is 70.4 Å². The number of pyridine rings is 1. The highest BCUT2D eigenvalue weighted by molar-refractivity contribution is 5.86. The third kappa shape index (κ3) is 3.81. The average molecular weight is 449 g/mol. The number of hydrogen-bond donors (Lipinski definition) is 2. The van der Waals surface area contributed by atoms with E-state index in [0.29, 0.717) is 12.6 Å². The molecule has 1 aliphatic rings. The number of nitrogens with two attached hydrogens (primary N) is 2. The Labute approximate surface area is 198 Å². The lowest BCUT2D eigenvalue weighted by Gasteiger charge is -2.32. The highest BCUT2D eigenvalue weighted by atomic mass is 15.1. The van der Waals surface area contributed by atoms with Crippen molar-refractivity contribution in [3.05, 3.63) is 84.7 Å². The Bertz CT molecular complexity index is 1460. The van der Waals surface area contributed by atoms with Crippen LogP contribution in [0.2, 0.25) is 0 Å². The third-order valence-electron chi connectivity index (χ3n) is 6.88. The van der Waals surface area contributed by atoms with Crippen molar-refractivity contribution in [2.24, 2.45) is 11.5 Å². The number of piperidine rings is 1. The van der Waals surface area contributed by atoms with Crippen LogP contribution in [-0.2, 0) is 6.54 Å². The summed E-state index contributed by atoms with van der Waals surface area (Å²) in [5.74, 6) is 0.867. The first-order valence-corrected chi connectivity index (χ1v) is 11.9. The lowest BCUT2D eigenvalue weighted by atomic mass is 10.0. The summed E-state index contributed by atoms with van der Waals surface area (Å²) in [4.78, 5) is 12.0. The van der Waals surface area contributed by atoms with Crippen LogP contribution in [0.1, 0.15) is 18.4 Å². The molecule has 5 aromatic rings. The summed E-state index contributed by atoms with van der Waals surface area (Å²) in [6, 6.07) is 25.8. The Morgan fingerprint density at radius 1 is 0.824 bits per heavy atom. The summed E-state index contributed by atoms with van der Waals surface area (Å²) in [6.45, 7) is 2.58. The smallest absolute Gasteiger partial charge is 0.139 e. The standard InChI is InChI=1S/C28H28N6/c29-17-19-1-3-20(4-2-19)21-5-9-27-26(16-21)31-18-34(27)28-10-6-22-15-24(7-8-25(22)32-28)33-13-11-23(30)12-14-33/h1-10,15-16,18,23H,11-14,17,29-30H2. The first-order chi connectivity index (χ1) is 16.7. The quantitative estimate of drug-likeness (QED) is 0.419. The molecule has 1 fully saturated rings. The van der Waals surface area contributed by atoms with Crippen LogP contribution in [0.15, 0.2) is 79.1 Å². The topological polar surface area (TPSA) is 86.0 Å². The van der Waals surface area contributed by atoms with Crippen molar-refractivity contribution in [1.82, 2.24) is 14.5 Å². The Morgan fingerprint density at radius 3 is 2.41 bits per heavy atom. The van der Waals surface area contributed by atoms with E-state index in [-0.39, 0.29) is 0 Å². The van der Waals surface area contributed by atoms with Crippen molar-refractivity contribution in [1.29, 1.82) is 0 Å². The van der Waals surface area contributed by atoms with E-state index < -0.39 is 0 Å². The summed E-state index contributed by atoms with van der Waals surface area (Å²) in [6.07, 6.45) is 3.94. The predicted octanol–water partition coefficient (Wildman–Crippen LogP) is 4.63. The summed E-state index contributed by atoms with van der Waals surface area (Å²) in [7, 11) is 0. The van der Waals surface area contributed by atoms with Gasteiger partial charge < -0.3 is 16.4 Å². The molecule has 0 saturated carbocycles. The van der Waals surface area contributed by atoms with Crippen molar-refractivity contribution in [3.63, 3.8) is 0 Å². The second kappa shape index (κ2) is 8.56. The maximum atomic E-state index is 6.07. The van der Waals surface area contributed by atoms with Gasteiger partial charge in [0.05, 0.1) is 16.6 Å². The number of benzene rings is 3. The first-order valence-electron chi connectivity index (χ1n) is 11.9. The molecule has 1 aliphatic heterocycles. The zero-order valence-electron chi connectivity index (χ0n) is 19.1. The van der Waals surface area contributed by atoms with Gasteiger partial charge in [-0.1, -0.05) is 30.3 Å². The van der Waals surface area contributed by atoms with Gasteiger partial charge >= 0.3 is 0 Å². The molecule has 0 amide bonds. The minimum atomic E-state index is 0.332. The third-order valence-corrected chi connectivity index (χ3v) is 6.88. The molecular formula is C28H28N6. The molecule has 3 aromatic carbocycles. The predicted molar refractivity (Wildman–Crippen MR) is 139 cm³/mol. The minimum absolute atomic E-state index is 0.332. The molecular weight excluding hydrogens is 420 g/mol. The van der Waals surface area contributed by atoms with Gasteiger partial charge in [-0.2, -0.15) is 0 Å². The number of fused-ring (bicyclic) bond motifs is 2. The van der Waals surface area contributed by atoms with Crippen LogP contribution in [0.4, 0.5) is 5.69 Å². The maximum absolute atomic E-state index is 6.07. The van der Waals surface area contributed by atoms with Gasteiger partial charge in [0.1, 0.15) is 12.1 Å². The van der Waals surface area contributed by atoms with Crippen LogP contribution in [-0.4, -0.2) is 33.7 Å². The largest absolute Gasteiger partial charge is 0.371 e. The van der Waals surface area contributed by atoms with Gasteiger partial charge in [0, 0.05) is 36.7 Å². The molecule has 3 heterocycles. The molecule has 0 radical (unpaired) electrons. The normalized spacial score (nSPS) is 14.8. The van der Waals surface area contributed by atoms with Gasteiger partial charge in [-0.25, -0.2) is 9.97 Å². The molecule has 0 spiro atoms. The van der Waals surface area contributed by atoms with Crippen molar-refractivity contribution < 1.29 is 0 Å². The zero-order chi connectivity index (χ0) is 23.1. The molecule has 1 saturated heterocycles. The van der Waals surface area contributed by atoms with E-state index in [9.17, 15) is 0 Å². The number of nitrogens with zero attached hydrogens (tertiary/aromatic N) is 4. The SMILES string of the molecule is NCc1ccc(-c2ccc3c(c2)ncn3-c2ccc3cc(N4CCC(N)CC4)ccc3n2)cc1. The van der Waals surface area contributed by atoms with E-state index in [2.05, 4.69) is 87.2 Å². The van der Waals surface area contributed by atoms with Crippen molar-refractivity contribution in [2.75, 3.05) is 18.0 Å². The van der Waals surface area contributed by atoms with Crippen molar-refractivity contribution in [3.8, 4) is 16.9 Å². The van der Waals surface area contributed by atoms with Gasteiger partial charge in [-0.3, -0.25) is 4.57 Å². The fourth-order valence-electron chi connectivity index (χ4n) is 4.80. The Hall–Kier alpha value is -3.74. The Morgan fingerprint density at radius 2 is 1.62 bits per heavy atom. The fraction of sp³-hybridized carbons (Fsp3) is 0.214. The first kappa shape index (κ1) is 20.8. The molecule has 4 N–H and O–H groups in total. The molecule has 6 rings (SSSR count). The number of aromatic nitrogens is 3. The van der Waals surface area contributed by atoms with Crippen LogP contribution in [0.25, 0.3) is 38.9 Å². The second-order valence-electron chi connectivity index (χ2n) is 9.09. The fourth-order valence-corrected chi connectivity index (χ4v) is 4.80. The van der Waals surface area contributed by atoms with E-state index >= 15 is 0 Å². The van der Waals surface area contributed by atoms with Crippen molar-refractivity contribution in [2.45, 2.75) is 25.4 Å². The van der Waals surface area contributed by atoms with Gasteiger partial charge in [0.25, 0.3) is 0 Å². The van der Waals surface area contributed by atoms with Gasteiger partial charge in [-0.05, 0) is 72.0 Å². The second-order valence-corrected chi connectivity index (χ2v) is 9.09. The van der Waals surface area contributed by atoms with Crippen LogP contribution in [0.3, 0.4) is 0 Å². The Balaban J connectivity index is 1.30. The highest BCUT2D eigenvalue weighted by Gasteiger charge is 2.17. The van der Waals surface area contributed by atoms with Crippen LogP contribution in [0, 0.1) is 0 Å². The van der Waals surface area contributed by atoms with E-state index in [1.165, 1.54) is 5.69 Å². The number of imidazole rings is 1. The molecule has 0 bridgehead atoms. The molecule has 2 aromatic heterocycles. The number of rotatable bonds is 4. The van der Waals surface area contributed by atoms with Gasteiger partial charge in [0.2, 0.25) is 0 Å². The lowest BCUT2D eigenvalue weighted by molar-refractivity contribution is 0.501. The monoisotopic (exact) mass is 448 g/mol. The molecule has 6 heteroatoms. The Kier molecular flexibility index (Phi) is 5.24. The lowest BCUT2D eigenvalue weighted by Crippen LogP contribution is -2.39. The number of hydrogen-bond acceptors (Lipinski definition) is 5. The van der Waals surface area contributed by atoms with E-state index in [4.69, 9.17) is 16.5 Å². The summed E-state index contributed by atoms with van der Waals surface area (Å²) in [5, 5.41) is 1.14. The number of anilines is 1. The maximum Gasteiger partial charge on any atom is 0.139 e. The summed E-state index contributed by atoms with van der Waals surface area (Å²) < 4.78 is 2.05. The minimum Gasteiger partial charge on any atom is -0.371 e. The van der Waals surface area contributed by atoms with E-state index in [1.807, 2.05) is 6.33 Å². The zero-order valence-corrected chi connectivity index (χ0v) is 19.1. The summed E-state index contributed by atoms with van der Waals surface area (Å²) in [5.41, 5.74) is 19.4. The van der Waals surface area contributed by atoms with E-state index in [1.54, 1.807) is 0 Å².